The molecule has 3 heteroatoms. The summed E-state index contributed by atoms with van der Waals surface area (Å²) in [5, 5.41) is 0. The number of ether oxygens (including phenoxy) is 1. The third-order valence-electron chi connectivity index (χ3n) is 3.14. The quantitative estimate of drug-likeness (QED) is 0.654. The molecule has 1 rings (SSSR count). The topological polar surface area (TPSA) is 29.5 Å². The minimum absolute atomic E-state index is 0.304. The van der Waals surface area contributed by atoms with E-state index >= 15 is 0 Å². The van der Waals surface area contributed by atoms with Gasteiger partial charge < -0.3 is 9.64 Å². The standard InChI is InChI=1S/C12H23NO2/c1-3-12(14)13-8-5-11(6-9-13)7-10-15-4-2/h11H,3-10H2,1-2H3. The Morgan fingerprint density at radius 2 is 2.00 bits per heavy atom. The van der Waals surface area contributed by atoms with Gasteiger partial charge in [0.1, 0.15) is 0 Å². The number of likely N-dealkylation sites (tertiary alicyclic amines) is 1. The lowest BCUT2D eigenvalue weighted by molar-refractivity contribution is -0.132. The molecule has 1 saturated heterocycles. The first-order valence-corrected chi connectivity index (χ1v) is 6.13. The van der Waals surface area contributed by atoms with E-state index in [0.29, 0.717) is 12.3 Å². The van der Waals surface area contributed by atoms with E-state index in [2.05, 4.69) is 0 Å². The Bertz CT molecular complexity index is 186. The zero-order chi connectivity index (χ0) is 11.1. The first-order valence-electron chi connectivity index (χ1n) is 6.13. The number of nitrogens with zero attached hydrogens (tertiary/aromatic N) is 1. The van der Waals surface area contributed by atoms with Crippen LogP contribution in [0.5, 0.6) is 0 Å². The predicted octanol–water partition coefficient (Wildman–Crippen LogP) is 2.06. The van der Waals surface area contributed by atoms with E-state index in [1.165, 1.54) is 0 Å². The molecule has 0 unspecified atom stereocenters. The fourth-order valence-corrected chi connectivity index (χ4v) is 2.09. The average molecular weight is 213 g/mol. The van der Waals surface area contributed by atoms with Crippen LogP contribution in [0.2, 0.25) is 0 Å². The smallest absolute Gasteiger partial charge is 0.222 e. The SMILES string of the molecule is CCOCCC1CCN(C(=O)CC)CC1. The number of amides is 1. The van der Waals surface area contributed by atoms with Crippen molar-refractivity contribution >= 4 is 5.91 Å². The minimum Gasteiger partial charge on any atom is -0.382 e. The van der Waals surface area contributed by atoms with Crippen molar-refractivity contribution in [1.82, 2.24) is 4.90 Å². The van der Waals surface area contributed by atoms with Crippen molar-refractivity contribution in [3.8, 4) is 0 Å². The van der Waals surface area contributed by atoms with Gasteiger partial charge in [-0.25, -0.2) is 0 Å². The predicted molar refractivity (Wildman–Crippen MR) is 60.7 cm³/mol. The van der Waals surface area contributed by atoms with Gasteiger partial charge in [-0.1, -0.05) is 6.92 Å². The van der Waals surface area contributed by atoms with Crippen molar-refractivity contribution in [1.29, 1.82) is 0 Å². The molecule has 0 aliphatic carbocycles. The van der Waals surface area contributed by atoms with Gasteiger partial charge in [-0.05, 0) is 32.1 Å². The number of hydrogen-bond acceptors (Lipinski definition) is 2. The van der Waals surface area contributed by atoms with Crippen LogP contribution in [0.1, 0.15) is 39.5 Å². The molecule has 0 atom stereocenters. The van der Waals surface area contributed by atoms with Crippen molar-refractivity contribution in [2.45, 2.75) is 39.5 Å². The monoisotopic (exact) mass is 213 g/mol. The largest absolute Gasteiger partial charge is 0.382 e. The summed E-state index contributed by atoms with van der Waals surface area (Å²) in [6, 6.07) is 0. The summed E-state index contributed by atoms with van der Waals surface area (Å²) in [4.78, 5) is 13.4. The van der Waals surface area contributed by atoms with Crippen LogP contribution in [-0.2, 0) is 9.53 Å². The van der Waals surface area contributed by atoms with Gasteiger partial charge in [-0.2, -0.15) is 0 Å². The highest BCUT2D eigenvalue weighted by Gasteiger charge is 2.21. The second kappa shape index (κ2) is 6.83. The second-order valence-electron chi connectivity index (χ2n) is 4.16. The molecule has 3 nitrogen and oxygen atoms in total. The normalized spacial score (nSPS) is 18.1. The van der Waals surface area contributed by atoms with E-state index < -0.39 is 0 Å². The summed E-state index contributed by atoms with van der Waals surface area (Å²) in [5.41, 5.74) is 0. The van der Waals surface area contributed by atoms with Crippen LogP contribution in [0, 0.1) is 5.92 Å². The maximum atomic E-state index is 11.4. The Balaban J connectivity index is 2.15. The van der Waals surface area contributed by atoms with Gasteiger partial charge in [-0.15, -0.1) is 0 Å². The highest BCUT2D eigenvalue weighted by atomic mass is 16.5. The number of piperidine rings is 1. The molecule has 0 aromatic carbocycles. The first kappa shape index (κ1) is 12.5. The summed E-state index contributed by atoms with van der Waals surface area (Å²) in [6.45, 7) is 7.55. The Kier molecular flexibility index (Phi) is 5.69. The van der Waals surface area contributed by atoms with E-state index in [0.717, 1.165) is 51.5 Å². The van der Waals surface area contributed by atoms with Crippen LogP contribution in [0.25, 0.3) is 0 Å². The van der Waals surface area contributed by atoms with Crippen LogP contribution in [0.4, 0.5) is 0 Å². The van der Waals surface area contributed by atoms with Crippen molar-refractivity contribution in [3.63, 3.8) is 0 Å². The Hall–Kier alpha value is -0.570. The molecule has 1 aliphatic rings. The average Bonchev–Trinajstić information content (AvgIpc) is 2.29. The van der Waals surface area contributed by atoms with Gasteiger partial charge in [0.15, 0.2) is 0 Å². The highest BCUT2D eigenvalue weighted by Crippen LogP contribution is 2.20. The van der Waals surface area contributed by atoms with E-state index in [9.17, 15) is 4.79 Å². The molecule has 0 radical (unpaired) electrons. The molecule has 1 heterocycles. The third kappa shape index (κ3) is 4.20. The summed E-state index contributed by atoms with van der Waals surface area (Å²) in [6.07, 6.45) is 4.10. The molecule has 0 saturated carbocycles. The third-order valence-corrected chi connectivity index (χ3v) is 3.14. The highest BCUT2D eigenvalue weighted by molar-refractivity contribution is 5.75. The van der Waals surface area contributed by atoms with E-state index in [-0.39, 0.29) is 0 Å². The zero-order valence-electron chi connectivity index (χ0n) is 10.00. The summed E-state index contributed by atoms with van der Waals surface area (Å²) in [5.74, 6) is 1.07. The Morgan fingerprint density at radius 1 is 1.33 bits per heavy atom. The zero-order valence-corrected chi connectivity index (χ0v) is 10.00. The summed E-state index contributed by atoms with van der Waals surface area (Å²) >= 11 is 0. The minimum atomic E-state index is 0.304. The molecule has 15 heavy (non-hydrogen) atoms. The number of rotatable bonds is 5. The van der Waals surface area contributed by atoms with Gasteiger partial charge in [0.2, 0.25) is 5.91 Å². The maximum absolute atomic E-state index is 11.4. The lowest BCUT2D eigenvalue weighted by atomic mass is 9.94. The van der Waals surface area contributed by atoms with E-state index in [1.807, 2.05) is 18.7 Å². The molecule has 0 bridgehead atoms. The number of carbonyl (C=O) groups is 1. The van der Waals surface area contributed by atoms with Gasteiger partial charge >= 0.3 is 0 Å². The number of hydrogen-bond donors (Lipinski definition) is 0. The molecule has 1 fully saturated rings. The fraction of sp³-hybridized carbons (Fsp3) is 0.917. The molecular weight excluding hydrogens is 190 g/mol. The second-order valence-corrected chi connectivity index (χ2v) is 4.16. The van der Waals surface area contributed by atoms with Crippen molar-refractivity contribution in [2.75, 3.05) is 26.3 Å². The Labute approximate surface area is 92.8 Å². The molecule has 0 aromatic rings. The van der Waals surface area contributed by atoms with E-state index in [4.69, 9.17) is 4.74 Å². The molecule has 0 aromatic heterocycles. The maximum Gasteiger partial charge on any atom is 0.222 e. The van der Waals surface area contributed by atoms with Crippen molar-refractivity contribution in [3.05, 3.63) is 0 Å². The fourth-order valence-electron chi connectivity index (χ4n) is 2.09. The van der Waals surface area contributed by atoms with Gasteiger partial charge in [0, 0.05) is 32.7 Å². The van der Waals surface area contributed by atoms with E-state index in [1.54, 1.807) is 0 Å². The van der Waals surface area contributed by atoms with Crippen LogP contribution in [-0.4, -0.2) is 37.1 Å². The molecule has 0 N–H and O–H groups in total. The molecule has 1 amide bonds. The van der Waals surface area contributed by atoms with Crippen LogP contribution in [0.3, 0.4) is 0 Å². The van der Waals surface area contributed by atoms with Crippen LogP contribution in [0.15, 0.2) is 0 Å². The van der Waals surface area contributed by atoms with Gasteiger partial charge in [-0.3, -0.25) is 4.79 Å². The first-order chi connectivity index (χ1) is 7.27. The Morgan fingerprint density at radius 3 is 2.53 bits per heavy atom. The lowest BCUT2D eigenvalue weighted by Crippen LogP contribution is -2.38. The lowest BCUT2D eigenvalue weighted by Gasteiger charge is -2.31. The van der Waals surface area contributed by atoms with Gasteiger partial charge in [0.25, 0.3) is 0 Å². The molecule has 0 spiro atoms. The summed E-state index contributed by atoms with van der Waals surface area (Å²) in [7, 11) is 0. The van der Waals surface area contributed by atoms with Crippen LogP contribution < -0.4 is 0 Å². The number of carbonyl (C=O) groups excluding carboxylic acids is 1. The van der Waals surface area contributed by atoms with Crippen molar-refractivity contribution in [2.24, 2.45) is 5.92 Å². The van der Waals surface area contributed by atoms with Crippen molar-refractivity contribution < 1.29 is 9.53 Å². The molecular formula is C12H23NO2. The van der Waals surface area contributed by atoms with Crippen LogP contribution >= 0.6 is 0 Å². The molecule has 88 valence electrons. The van der Waals surface area contributed by atoms with Gasteiger partial charge in [0.05, 0.1) is 0 Å². The molecule has 1 aliphatic heterocycles. The summed E-state index contributed by atoms with van der Waals surface area (Å²) < 4.78 is 5.35.